The molecule has 1 fully saturated rings. The molecule has 96 valence electrons. The fourth-order valence-corrected chi connectivity index (χ4v) is 2.32. The van der Waals surface area contributed by atoms with Crippen LogP contribution in [0, 0.1) is 5.92 Å². The summed E-state index contributed by atoms with van der Waals surface area (Å²) in [5.41, 5.74) is 1.13. The Labute approximate surface area is 103 Å². The van der Waals surface area contributed by atoms with Crippen molar-refractivity contribution in [2.24, 2.45) is 5.92 Å². The molecule has 4 heteroatoms. The second kappa shape index (κ2) is 6.17. The molecule has 0 aliphatic heterocycles. The summed E-state index contributed by atoms with van der Waals surface area (Å²) in [5, 5.41) is 3.31. The third kappa shape index (κ3) is 3.54. The summed E-state index contributed by atoms with van der Waals surface area (Å²) in [6.07, 6.45) is 8.14. The predicted molar refractivity (Wildman–Crippen MR) is 67.9 cm³/mol. The molecule has 4 nitrogen and oxygen atoms in total. The van der Waals surface area contributed by atoms with E-state index < -0.39 is 0 Å². The van der Waals surface area contributed by atoms with Gasteiger partial charge >= 0.3 is 0 Å². The van der Waals surface area contributed by atoms with E-state index in [0.29, 0.717) is 0 Å². The largest absolute Gasteiger partial charge is 0.383 e. The number of aromatic nitrogens is 2. The molecular weight excluding hydrogens is 214 g/mol. The van der Waals surface area contributed by atoms with E-state index in [2.05, 4.69) is 28.0 Å². The fourth-order valence-electron chi connectivity index (χ4n) is 2.32. The molecule has 1 aliphatic carbocycles. The lowest BCUT2D eigenvalue weighted by Crippen LogP contribution is -2.18. The molecule has 0 aromatic carbocycles. The molecule has 2 atom stereocenters. The normalized spacial score (nSPS) is 22.9. The average Bonchev–Trinajstić information content (AvgIpc) is 2.94. The number of hydrogen-bond donors (Lipinski definition) is 1. The van der Waals surface area contributed by atoms with Crippen LogP contribution in [0.3, 0.4) is 0 Å². The van der Waals surface area contributed by atoms with Gasteiger partial charge in [-0.05, 0) is 18.8 Å². The van der Waals surface area contributed by atoms with Crippen LogP contribution in [0.1, 0.15) is 37.9 Å². The number of imidazole rings is 1. The summed E-state index contributed by atoms with van der Waals surface area (Å²) in [6, 6.07) is 0.718. The number of methoxy groups -OCH3 is 1. The molecule has 0 radical (unpaired) electrons. The number of rotatable bonds is 8. The van der Waals surface area contributed by atoms with Crippen molar-refractivity contribution in [3.05, 3.63) is 18.2 Å². The number of nitrogens with one attached hydrogen (secondary N) is 1. The quantitative estimate of drug-likeness (QED) is 0.703. The summed E-state index contributed by atoms with van der Waals surface area (Å²) in [6.45, 7) is 4.73. The smallest absolute Gasteiger partial charge is 0.0952 e. The Balaban J connectivity index is 1.73. The highest BCUT2D eigenvalue weighted by Crippen LogP contribution is 2.46. The van der Waals surface area contributed by atoms with Crippen LogP contribution in [0.25, 0.3) is 0 Å². The van der Waals surface area contributed by atoms with Crippen LogP contribution in [-0.4, -0.2) is 29.8 Å². The maximum absolute atomic E-state index is 4.99. The van der Waals surface area contributed by atoms with Crippen molar-refractivity contribution in [1.82, 2.24) is 14.9 Å². The molecule has 0 bridgehead atoms. The van der Waals surface area contributed by atoms with Gasteiger partial charge < -0.3 is 14.6 Å². The van der Waals surface area contributed by atoms with Crippen LogP contribution < -0.4 is 5.32 Å². The minimum absolute atomic E-state index is 0.718. The average molecular weight is 237 g/mol. The van der Waals surface area contributed by atoms with Gasteiger partial charge in [0.25, 0.3) is 0 Å². The van der Waals surface area contributed by atoms with Gasteiger partial charge in [-0.25, -0.2) is 4.98 Å². The minimum atomic E-state index is 0.718. The van der Waals surface area contributed by atoms with E-state index in [1.165, 1.54) is 19.3 Å². The maximum atomic E-state index is 4.99. The van der Waals surface area contributed by atoms with E-state index >= 15 is 0 Å². The van der Waals surface area contributed by atoms with Gasteiger partial charge in [0.1, 0.15) is 0 Å². The molecule has 1 aromatic heterocycles. The third-order valence-corrected chi connectivity index (χ3v) is 3.37. The maximum Gasteiger partial charge on any atom is 0.0952 e. The molecule has 2 rings (SSSR count). The highest BCUT2D eigenvalue weighted by Gasteiger charge is 2.37. The molecule has 1 saturated carbocycles. The van der Waals surface area contributed by atoms with Crippen LogP contribution in [-0.2, 0) is 11.3 Å². The van der Waals surface area contributed by atoms with E-state index in [4.69, 9.17) is 4.74 Å². The van der Waals surface area contributed by atoms with Gasteiger partial charge in [-0.3, -0.25) is 0 Å². The van der Waals surface area contributed by atoms with Gasteiger partial charge in [0.15, 0.2) is 0 Å². The van der Waals surface area contributed by atoms with E-state index in [1.54, 1.807) is 7.11 Å². The molecule has 1 heterocycles. The summed E-state index contributed by atoms with van der Waals surface area (Å²) in [5.74, 6) is 0.892. The van der Waals surface area contributed by atoms with Crippen molar-refractivity contribution in [3.8, 4) is 0 Å². The van der Waals surface area contributed by atoms with E-state index in [-0.39, 0.29) is 0 Å². The second-order valence-corrected chi connectivity index (χ2v) is 4.83. The molecule has 1 aliphatic rings. The van der Waals surface area contributed by atoms with Crippen LogP contribution in [0.15, 0.2) is 12.5 Å². The zero-order chi connectivity index (χ0) is 12.1. The predicted octanol–water partition coefficient (Wildman–Crippen LogP) is 1.98. The molecule has 1 aromatic rings. The van der Waals surface area contributed by atoms with Crippen LogP contribution >= 0.6 is 0 Å². The van der Waals surface area contributed by atoms with Crippen molar-refractivity contribution >= 4 is 0 Å². The van der Waals surface area contributed by atoms with Gasteiger partial charge in [-0.2, -0.15) is 0 Å². The summed E-state index contributed by atoms with van der Waals surface area (Å²) >= 11 is 0. The first-order chi connectivity index (χ1) is 8.35. The number of ether oxygens (including phenoxy) is 1. The van der Waals surface area contributed by atoms with Crippen molar-refractivity contribution in [3.63, 3.8) is 0 Å². The van der Waals surface area contributed by atoms with E-state index in [1.807, 2.05) is 6.33 Å². The molecule has 17 heavy (non-hydrogen) atoms. The van der Waals surface area contributed by atoms with Crippen molar-refractivity contribution in [2.75, 3.05) is 20.3 Å². The Morgan fingerprint density at radius 3 is 3.24 bits per heavy atom. The van der Waals surface area contributed by atoms with Gasteiger partial charge in [-0.1, -0.05) is 13.3 Å². The Kier molecular flexibility index (Phi) is 4.57. The molecular formula is C13H23N3O. The second-order valence-electron chi connectivity index (χ2n) is 4.83. The molecule has 0 spiro atoms. The van der Waals surface area contributed by atoms with Gasteiger partial charge in [0, 0.05) is 32.4 Å². The number of hydrogen-bond acceptors (Lipinski definition) is 3. The Hall–Kier alpha value is -0.870. The summed E-state index contributed by atoms with van der Waals surface area (Å²) < 4.78 is 7.27. The topological polar surface area (TPSA) is 39.1 Å². The van der Waals surface area contributed by atoms with Gasteiger partial charge in [-0.15, -0.1) is 0 Å². The van der Waals surface area contributed by atoms with Crippen molar-refractivity contribution < 1.29 is 4.74 Å². The highest BCUT2D eigenvalue weighted by atomic mass is 16.5. The Morgan fingerprint density at radius 1 is 1.59 bits per heavy atom. The standard InChI is InChI=1S/C13H23N3O/c1-3-4-11-7-13(11)16-9-12(15-10-16)8-14-5-6-17-2/h9-11,13-14H,3-8H2,1-2H3. The lowest BCUT2D eigenvalue weighted by Gasteiger charge is -2.01. The van der Waals surface area contributed by atoms with Crippen LogP contribution in [0.2, 0.25) is 0 Å². The highest BCUT2D eigenvalue weighted by molar-refractivity contribution is 5.02. The molecule has 0 saturated heterocycles. The first-order valence-electron chi connectivity index (χ1n) is 6.57. The lowest BCUT2D eigenvalue weighted by molar-refractivity contribution is 0.199. The first kappa shape index (κ1) is 12.6. The fraction of sp³-hybridized carbons (Fsp3) is 0.769. The zero-order valence-corrected chi connectivity index (χ0v) is 10.9. The molecule has 1 N–H and O–H groups in total. The van der Waals surface area contributed by atoms with Crippen LogP contribution in [0.5, 0.6) is 0 Å². The summed E-state index contributed by atoms with van der Waals surface area (Å²) in [7, 11) is 1.72. The van der Waals surface area contributed by atoms with Crippen molar-refractivity contribution in [1.29, 1.82) is 0 Å². The first-order valence-corrected chi connectivity index (χ1v) is 6.57. The van der Waals surface area contributed by atoms with Gasteiger partial charge in [0.05, 0.1) is 18.6 Å². The van der Waals surface area contributed by atoms with Gasteiger partial charge in [0.2, 0.25) is 0 Å². The molecule has 2 unspecified atom stereocenters. The minimum Gasteiger partial charge on any atom is -0.383 e. The lowest BCUT2D eigenvalue weighted by atomic mass is 10.2. The zero-order valence-electron chi connectivity index (χ0n) is 10.9. The Bertz CT molecular complexity index is 337. The van der Waals surface area contributed by atoms with Crippen LogP contribution in [0.4, 0.5) is 0 Å². The summed E-state index contributed by atoms with van der Waals surface area (Å²) in [4.78, 5) is 4.43. The monoisotopic (exact) mass is 237 g/mol. The van der Waals surface area contributed by atoms with Crippen molar-refractivity contribution in [2.45, 2.75) is 38.8 Å². The molecule has 0 amide bonds. The SMILES string of the molecule is CCCC1CC1n1cnc(CNCCOC)c1. The Morgan fingerprint density at radius 2 is 2.47 bits per heavy atom. The van der Waals surface area contributed by atoms with E-state index in [0.717, 1.165) is 37.4 Å². The van der Waals surface area contributed by atoms with E-state index in [9.17, 15) is 0 Å². The number of nitrogens with zero attached hydrogens (tertiary/aromatic N) is 2. The third-order valence-electron chi connectivity index (χ3n) is 3.37.